The highest BCUT2D eigenvalue weighted by Crippen LogP contribution is 2.30. The van der Waals surface area contributed by atoms with Gasteiger partial charge in [-0.2, -0.15) is 0 Å². The molecule has 1 fully saturated rings. The summed E-state index contributed by atoms with van der Waals surface area (Å²) in [5.74, 6) is -0.800. The Kier molecular flexibility index (Phi) is 5.97. The van der Waals surface area contributed by atoms with Crippen LogP contribution in [0.1, 0.15) is 37.4 Å². The average Bonchev–Trinajstić information content (AvgIpc) is 2.79. The molecule has 2 heterocycles. The van der Waals surface area contributed by atoms with Gasteiger partial charge in [-0.05, 0) is 31.4 Å². The molecule has 0 radical (unpaired) electrons. The maximum atomic E-state index is 13.1. The number of carbonyl (C=O) groups excluding carboxylic acids is 3. The van der Waals surface area contributed by atoms with Gasteiger partial charge < -0.3 is 19.7 Å². The molecule has 7 nitrogen and oxygen atoms in total. The summed E-state index contributed by atoms with van der Waals surface area (Å²) in [5.41, 5.74) is 1.18. The molecular formula is C23H24N2O5. The van der Waals surface area contributed by atoms with Gasteiger partial charge in [-0.15, -0.1) is 0 Å². The second kappa shape index (κ2) is 8.98. The number of amides is 2. The second-order valence-corrected chi connectivity index (χ2v) is 7.46. The molecule has 1 saturated heterocycles. The minimum Gasteiger partial charge on any atom is -0.478 e. The standard InChI is InChI=1S/C23H24N2O5/c26-20(15-19-22(27)24-17-11-5-6-12-18(17)29-19)30-21(16-9-3-1-4-10-16)23(28)25-13-7-2-8-14-25/h1,3-6,9-12,19,21H,2,7-8,13-15H2,(H,24,27)/t19-,21+/m1/s1. The first-order chi connectivity index (χ1) is 14.6. The first-order valence-corrected chi connectivity index (χ1v) is 10.2. The van der Waals surface area contributed by atoms with E-state index in [0.29, 0.717) is 30.1 Å². The van der Waals surface area contributed by atoms with Crippen molar-refractivity contribution in [3.05, 3.63) is 60.2 Å². The van der Waals surface area contributed by atoms with Crippen LogP contribution in [-0.4, -0.2) is 41.9 Å². The molecular weight excluding hydrogens is 384 g/mol. The predicted octanol–water partition coefficient (Wildman–Crippen LogP) is 3.07. The van der Waals surface area contributed by atoms with E-state index in [9.17, 15) is 14.4 Å². The summed E-state index contributed by atoms with van der Waals surface area (Å²) in [4.78, 5) is 39.8. The third kappa shape index (κ3) is 4.45. The van der Waals surface area contributed by atoms with Gasteiger partial charge in [0, 0.05) is 18.7 Å². The van der Waals surface area contributed by atoms with Crippen LogP contribution < -0.4 is 10.1 Å². The highest BCUT2D eigenvalue weighted by Gasteiger charge is 2.34. The number of esters is 1. The Hall–Kier alpha value is -3.35. The number of hydrogen-bond donors (Lipinski definition) is 1. The molecule has 2 atom stereocenters. The lowest BCUT2D eigenvalue weighted by atomic mass is 10.1. The molecule has 2 aromatic carbocycles. The zero-order valence-corrected chi connectivity index (χ0v) is 16.6. The molecule has 0 spiro atoms. The number of benzene rings is 2. The molecule has 2 amide bonds. The van der Waals surface area contributed by atoms with Crippen molar-refractivity contribution in [2.75, 3.05) is 18.4 Å². The number of piperidine rings is 1. The number of likely N-dealkylation sites (tertiary alicyclic amines) is 1. The van der Waals surface area contributed by atoms with Crippen molar-refractivity contribution in [1.82, 2.24) is 4.90 Å². The summed E-state index contributed by atoms with van der Waals surface area (Å²) in [6.07, 6.45) is 0.656. The molecule has 0 saturated carbocycles. The largest absolute Gasteiger partial charge is 0.478 e. The van der Waals surface area contributed by atoms with Gasteiger partial charge in [0.2, 0.25) is 6.10 Å². The van der Waals surface area contributed by atoms with Crippen molar-refractivity contribution in [3.8, 4) is 5.75 Å². The van der Waals surface area contributed by atoms with Gasteiger partial charge in [0.25, 0.3) is 11.8 Å². The number of carbonyl (C=O) groups is 3. The fraction of sp³-hybridized carbons (Fsp3) is 0.348. The zero-order valence-electron chi connectivity index (χ0n) is 16.6. The van der Waals surface area contributed by atoms with E-state index in [0.717, 1.165) is 19.3 Å². The van der Waals surface area contributed by atoms with E-state index in [1.54, 1.807) is 53.4 Å². The normalized spacial score (nSPS) is 19.1. The number of hydrogen-bond acceptors (Lipinski definition) is 5. The average molecular weight is 408 g/mol. The summed E-state index contributed by atoms with van der Waals surface area (Å²) >= 11 is 0. The van der Waals surface area contributed by atoms with Crippen molar-refractivity contribution in [2.24, 2.45) is 0 Å². The Morgan fingerprint density at radius 2 is 1.73 bits per heavy atom. The molecule has 0 unspecified atom stereocenters. The van der Waals surface area contributed by atoms with E-state index in [1.807, 2.05) is 6.07 Å². The summed E-state index contributed by atoms with van der Waals surface area (Å²) < 4.78 is 11.3. The minimum atomic E-state index is -1.03. The highest BCUT2D eigenvalue weighted by molar-refractivity contribution is 5.99. The molecule has 0 aliphatic carbocycles. The Labute approximate surface area is 175 Å². The number of anilines is 1. The van der Waals surface area contributed by atoms with Gasteiger partial charge in [0.05, 0.1) is 12.1 Å². The van der Waals surface area contributed by atoms with Crippen molar-refractivity contribution in [2.45, 2.75) is 37.9 Å². The van der Waals surface area contributed by atoms with Crippen LogP contribution in [0.5, 0.6) is 5.75 Å². The van der Waals surface area contributed by atoms with Crippen molar-refractivity contribution >= 4 is 23.5 Å². The Morgan fingerprint density at radius 3 is 2.50 bits per heavy atom. The summed E-state index contributed by atoms with van der Waals surface area (Å²) in [6.45, 7) is 1.31. The monoisotopic (exact) mass is 408 g/mol. The molecule has 2 aliphatic rings. The fourth-order valence-corrected chi connectivity index (χ4v) is 3.73. The van der Waals surface area contributed by atoms with Gasteiger partial charge in [-0.25, -0.2) is 0 Å². The van der Waals surface area contributed by atoms with Crippen LogP contribution in [0.3, 0.4) is 0 Å². The van der Waals surface area contributed by atoms with Gasteiger partial charge in [-0.1, -0.05) is 42.5 Å². The van der Waals surface area contributed by atoms with Gasteiger partial charge >= 0.3 is 5.97 Å². The van der Waals surface area contributed by atoms with Crippen molar-refractivity contribution in [3.63, 3.8) is 0 Å². The molecule has 0 aromatic heterocycles. The van der Waals surface area contributed by atoms with Crippen LogP contribution in [0.2, 0.25) is 0 Å². The maximum absolute atomic E-state index is 13.1. The molecule has 7 heteroatoms. The summed E-state index contributed by atoms with van der Waals surface area (Å²) in [7, 11) is 0. The van der Waals surface area contributed by atoms with E-state index < -0.39 is 24.1 Å². The molecule has 156 valence electrons. The Balaban J connectivity index is 1.46. The molecule has 2 aliphatic heterocycles. The molecule has 0 bridgehead atoms. The van der Waals surface area contributed by atoms with Gasteiger partial charge in [0.1, 0.15) is 5.75 Å². The van der Waals surface area contributed by atoms with Gasteiger partial charge in [0.15, 0.2) is 6.10 Å². The minimum absolute atomic E-state index is 0.228. The van der Waals surface area contributed by atoms with E-state index >= 15 is 0 Å². The third-order valence-corrected chi connectivity index (χ3v) is 5.30. The van der Waals surface area contributed by atoms with Crippen molar-refractivity contribution < 1.29 is 23.9 Å². The first kappa shape index (κ1) is 19.9. The second-order valence-electron chi connectivity index (χ2n) is 7.46. The molecule has 1 N–H and O–H groups in total. The van der Waals surface area contributed by atoms with Crippen molar-refractivity contribution in [1.29, 1.82) is 0 Å². The Bertz CT molecular complexity index is 924. The molecule has 30 heavy (non-hydrogen) atoms. The number of fused-ring (bicyclic) bond motifs is 1. The number of rotatable bonds is 5. The maximum Gasteiger partial charge on any atom is 0.311 e. The molecule has 2 aromatic rings. The van der Waals surface area contributed by atoms with Gasteiger partial charge in [-0.3, -0.25) is 14.4 Å². The lowest BCUT2D eigenvalue weighted by molar-refractivity contribution is -0.163. The van der Waals surface area contributed by atoms with Crippen LogP contribution in [-0.2, 0) is 19.1 Å². The lowest BCUT2D eigenvalue weighted by Crippen LogP contribution is -2.42. The lowest BCUT2D eigenvalue weighted by Gasteiger charge is -2.31. The predicted molar refractivity (Wildman–Crippen MR) is 110 cm³/mol. The van der Waals surface area contributed by atoms with Crippen LogP contribution in [0.15, 0.2) is 54.6 Å². The quantitative estimate of drug-likeness (QED) is 0.769. The third-order valence-electron chi connectivity index (χ3n) is 5.30. The zero-order chi connectivity index (χ0) is 20.9. The molecule has 4 rings (SSSR count). The van der Waals surface area contributed by atoms with Crippen LogP contribution in [0, 0.1) is 0 Å². The highest BCUT2D eigenvalue weighted by atomic mass is 16.6. The van der Waals surface area contributed by atoms with E-state index in [-0.39, 0.29) is 12.3 Å². The number of para-hydroxylation sites is 2. The van der Waals surface area contributed by atoms with Crippen LogP contribution in [0.25, 0.3) is 0 Å². The Morgan fingerprint density at radius 1 is 1.03 bits per heavy atom. The summed E-state index contributed by atoms with van der Waals surface area (Å²) in [6, 6.07) is 16.0. The summed E-state index contributed by atoms with van der Waals surface area (Å²) in [5, 5.41) is 2.73. The van der Waals surface area contributed by atoms with E-state index in [4.69, 9.17) is 9.47 Å². The number of nitrogens with one attached hydrogen (secondary N) is 1. The number of nitrogens with zero attached hydrogens (tertiary/aromatic N) is 1. The number of ether oxygens (including phenoxy) is 2. The SMILES string of the molecule is O=C(C[C@H]1Oc2ccccc2NC1=O)O[C@H](C(=O)N1CCCCC1)c1ccccc1. The van der Waals surface area contributed by atoms with E-state index in [1.165, 1.54) is 0 Å². The van der Waals surface area contributed by atoms with Crippen LogP contribution in [0.4, 0.5) is 5.69 Å². The van der Waals surface area contributed by atoms with E-state index in [2.05, 4.69) is 5.32 Å². The fourth-order valence-electron chi connectivity index (χ4n) is 3.73. The smallest absolute Gasteiger partial charge is 0.311 e. The first-order valence-electron chi connectivity index (χ1n) is 10.2. The van der Waals surface area contributed by atoms with Crippen LogP contribution >= 0.6 is 0 Å². The topological polar surface area (TPSA) is 84.9 Å².